The lowest BCUT2D eigenvalue weighted by atomic mass is 10.1. The molecule has 2 N–H and O–H groups in total. The van der Waals surface area contributed by atoms with E-state index in [4.69, 9.17) is 0 Å². The van der Waals surface area contributed by atoms with Crippen LogP contribution in [0.4, 0.5) is 11.4 Å². The van der Waals surface area contributed by atoms with Gasteiger partial charge in [0.05, 0.1) is 6.54 Å². The minimum Gasteiger partial charge on any atom is -0.343 e. The molecule has 0 saturated carbocycles. The van der Waals surface area contributed by atoms with E-state index in [0.29, 0.717) is 17.8 Å². The molecule has 3 amide bonds. The van der Waals surface area contributed by atoms with Crippen LogP contribution < -0.4 is 15.5 Å². The number of carbonyl (C=O) groups is 3. The third-order valence-corrected chi connectivity index (χ3v) is 4.66. The van der Waals surface area contributed by atoms with Crippen molar-refractivity contribution in [2.45, 2.75) is 19.3 Å². The molecular weight excluding hydrogens is 354 g/mol. The zero-order valence-electron chi connectivity index (χ0n) is 15.6. The fourth-order valence-electron chi connectivity index (χ4n) is 3.20. The van der Waals surface area contributed by atoms with E-state index in [-0.39, 0.29) is 24.3 Å². The van der Waals surface area contributed by atoms with E-state index >= 15 is 0 Å². The van der Waals surface area contributed by atoms with Gasteiger partial charge < -0.3 is 15.5 Å². The fourth-order valence-corrected chi connectivity index (χ4v) is 3.20. The molecule has 6 nitrogen and oxygen atoms in total. The normalized spacial score (nSPS) is 13.1. The van der Waals surface area contributed by atoms with Gasteiger partial charge in [-0.3, -0.25) is 14.4 Å². The van der Waals surface area contributed by atoms with Gasteiger partial charge in [0.15, 0.2) is 0 Å². The summed E-state index contributed by atoms with van der Waals surface area (Å²) in [7, 11) is 0. The van der Waals surface area contributed by atoms with Gasteiger partial charge in [0, 0.05) is 23.5 Å². The van der Waals surface area contributed by atoms with E-state index in [1.807, 2.05) is 24.3 Å². The van der Waals surface area contributed by atoms with Crippen molar-refractivity contribution in [2.24, 2.45) is 0 Å². The lowest BCUT2D eigenvalue weighted by molar-refractivity contribution is -0.117. The molecular formula is C22H23N3O3. The van der Waals surface area contributed by atoms with Crippen molar-refractivity contribution < 1.29 is 14.4 Å². The number of benzene rings is 2. The summed E-state index contributed by atoms with van der Waals surface area (Å²) in [6, 6.07) is 14.4. The Kier molecular flexibility index (Phi) is 6.22. The zero-order chi connectivity index (χ0) is 19.9. The molecule has 0 radical (unpaired) electrons. The molecule has 1 aliphatic rings. The number of hydrogen-bond acceptors (Lipinski definition) is 3. The molecule has 0 atom stereocenters. The van der Waals surface area contributed by atoms with Crippen molar-refractivity contribution in [2.75, 3.05) is 23.3 Å². The third-order valence-electron chi connectivity index (χ3n) is 4.66. The fraction of sp³-hybridized carbons (Fsp3) is 0.227. The Morgan fingerprint density at radius 1 is 1.04 bits per heavy atom. The first-order valence-electron chi connectivity index (χ1n) is 9.28. The van der Waals surface area contributed by atoms with Gasteiger partial charge in [0.2, 0.25) is 11.8 Å². The molecule has 3 rings (SSSR count). The second-order valence-corrected chi connectivity index (χ2v) is 6.58. The van der Waals surface area contributed by atoms with E-state index in [0.717, 1.165) is 30.5 Å². The molecule has 28 heavy (non-hydrogen) atoms. The highest BCUT2D eigenvalue weighted by atomic mass is 16.2. The van der Waals surface area contributed by atoms with Crippen molar-refractivity contribution >= 4 is 29.1 Å². The molecule has 1 heterocycles. The molecule has 0 aliphatic carbocycles. The van der Waals surface area contributed by atoms with Gasteiger partial charge in [-0.05, 0) is 61.2 Å². The zero-order valence-corrected chi connectivity index (χ0v) is 15.6. The average molecular weight is 377 g/mol. The molecule has 0 spiro atoms. The molecule has 6 heteroatoms. The van der Waals surface area contributed by atoms with Crippen LogP contribution in [0.2, 0.25) is 0 Å². The summed E-state index contributed by atoms with van der Waals surface area (Å²) in [6.45, 7) is 3.98. The summed E-state index contributed by atoms with van der Waals surface area (Å²) in [4.78, 5) is 38.1. The number of amides is 3. The van der Waals surface area contributed by atoms with Crippen molar-refractivity contribution in [3.05, 3.63) is 72.3 Å². The van der Waals surface area contributed by atoms with E-state index in [1.165, 1.54) is 6.08 Å². The van der Waals surface area contributed by atoms with Crippen LogP contribution >= 0.6 is 0 Å². The van der Waals surface area contributed by atoms with Crippen LogP contribution in [0.3, 0.4) is 0 Å². The Balaban J connectivity index is 1.61. The number of aryl methyl sites for hydroxylation is 1. The summed E-state index contributed by atoms with van der Waals surface area (Å²) >= 11 is 0. The molecule has 0 aromatic heterocycles. The van der Waals surface area contributed by atoms with Crippen molar-refractivity contribution in [1.82, 2.24) is 5.32 Å². The van der Waals surface area contributed by atoms with Gasteiger partial charge in [-0.15, -0.1) is 0 Å². The summed E-state index contributed by atoms with van der Waals surface area (Å²) in [5.74, 6) is -0.781. The first-order valence-corrected chi connectivity index (χ1v) is 9.28. The van der Waals surface area contributed by atoms with Gasteiger partial charge in [0.25, 0.3) is 5.91 Å². The van der Waals surface area contributed by atoms with Crippen LogP contribution in [0, 0.1) is 0 Å². The lowest BCUT2D eigenvalue weighted by Crippen LogP contribution is -2.40. The summed E-state index contributed by atoms with van der Waals surface area (Å²) in [5.41, 5.74) is 3.08. The molecule has 0 bridgehead atoms. The van der Waals surface area contributed by atoms with E-state index in [9.17, 15) is 14.4 Å². The number of hydrogen-bond donors (Lipinski definition) is 2. The number of nitrogens with one attached hydrogen (secondary N) is 2. The molecule has 0 saturated heterocycles. The second kappa shape index (κ2) is 8.99. The second-order valence-electron chi connectivity index (χ2n) is 6.58. The Morgan fingerprint density at radius 2 is 1.79 bits per heavy atom. The highest BCUT2D eigenvalue weighted by molar-refractivity contribution is 6.02. The third kappa shape index (κ3) is 4.65. The number of para-hydroxylation sites is 1. The molecule has 144 valence electrons. The first kappa shape index (κ1) is 19.4. The standard InChI is InChI=1S/C22H23N3O3/c1-2-20(26)24-18-12-10-17(11-13-18)22(28)23-15-21(27)25-14-6-5-8-16-7-3-4-9-19(16)25/h2-4,7,9-13H,1,5-6,8,14-15H2,(H,23,28)(H,24,26). The van der Waals surface area contributed by atoms with Crippen LogP contribution in [0.25, 0.3) is 0 Å². The minimum absolute atomic E-state index is 0.0673. The van der Waals surface area contributed by atoms with Gasteiger partial charge in [-0.25, -0.2) is 0 Å². The maximum absolute atomic E-state index is 12.7. The smallest absolute Gasteiger partial charge is 0.251 e. The van der Waals surface area contributed by atoms with Crippen LogP contribution in [0.1, 0.15) is 28.8 Å². The van der Waals surface area contributed by atoms with Crippen molar-refractivity contribution in [3.8, 4) is 0 Å². The maximum atomic E-state index is 12.7. The average Bonchev–Trinajstić information content (AvgIpc) is 2.95. The maximum Gasteiger partial charge on any atom is 0.251 e. The quantitative estimate of drug-likeness (QED) is 0.787. The number of anilines is 2. The Hall–Kier alpha value is -3.41. The number of fused-ring (bicyclic) bond motifs is 1. The SMILES string of the molecule is C=CC(=O)Nc1ccc(C(=O)NCC(=O)N2CCCCc3ccccc32)cc1. The number of carbonyl (C=O) groups excluding carboxylic acids is 3. The number of nitrogens with zero attached hydrogens (tertiary/aromatic N) is 1. The Labute approximate surface area is 164 Å². The van der Waals surface area contributed by atoms with Crippen LogP contribution in [-0.4, -0.2) is 30.8 Å². The minimum atomic E-state index is -0.335. The molecule has 2 aromatic carbocycles. The van der Waals surface area contributed by atoms with Gasteiger partial charge in [0.1, 0.15) is 0 Å². The van der Waals surface area contributed by atoms with E-state index < -0.39 is 0 Å². The topological polar surface area (TPSA) is 78.5 Å². The van der Waals surface area contributed by atoms with Gasteiger partial charge in [-0.2, -0.15) is 0 Å². The summed E-state index contributed by atoms with van der Waals surface area (Å²) in [6.07, 6.45) is 4.11. The van der Waals surface area contributed by atoms with Crippen molar-refractivity contribution in [3.63, 3.8) is 0 Å². The monoisotopic (exact) mass is 377 g/mol. The lowest BCUT2D eigenvalue weighted by Gasteiger charge is -2.23. The van der Waals surface area contributed by atoms with Crippen LogP contribution in [0.15, 0.2) is 61.2 Å². The summed E-state index contributed by atoms with van der Waals surface area (Å²) in [5, 5.41) is 5.30. The Morgan fingerprint density at radius 3 is 2.54 bits per heavy atom. The predicted molar refractivity (Wildman–Crippen MR) is 109 cm³/mol. The largest absolute Gasteiger partial charge is 0.343 e. The highest BCUT2D eigenvalue weighted by Crippen LogP contribution is 2.26. The first-order chi connectivity index (χ1) is 13.6. The van der Waals surface area contributed by atoms with Gasteiger partial charge in [-0.1, -0.05) is 24.8 Å². The van der Waals surface area contributed by atoms with Gasteiger partial charge >= 0.3 is 0 Å². The van der Waals surface area contributed by atoms with E-state index in [2.05, 4.69) is 17.2 Å². The molecule has 0 unspecified atom stereocenters. The summed E-state index contributed by atoms with van der Waals surface area (Å²) < 4.78 is 0. The Bertz CT molecular complexity index is 890. The molecule has 1 aliphatic heterocycles. The molecule has 2 aromatic rings. The van der Waals surface area contributed by atoms with E-state index in [1.54, 1.807) is 29.2 Å². The predicted octanol–water partition coefficient (Wildman–Crippen LogP) is 2.91. The van der Waals surface area contributed by atoms with Crippen LogP contribution in [0.5, 0.6) is 0 Å². The molecule has 0 fully saturated rings. The van der Waals surface area contributed by atoms with Crippen LogP contribution in [-0.2, 0) is 16.0 Å². The number of rotatable bonds is 5. The highest BCUT2D eigenvalue weighted by Gasteiger charge is 2.21. The van der Waals surface area contributed by atoms with Crippen molar-refractivity contribution in [1.29, 1.82) is 0 Å².